The van der Waals surface area contributed by atoms with Crippen LogP contribution in [0.4, 0.5) is 11.4 Å². The number of anilines is 2. The van der Waals surface area contributed by atoms with Crippen LogP contribution < -0.4 is 10.2 Å². The van der Waals surface area contributed by atoms with Gasteiger partial charge in [0.05, 0.1) is 5.69 Å². The number of nitrogens with one attached hydrogen (secondary N) is 1. The predicted octanol–water partition coefficient (Wildman–Crippen LogP) is 2.81. The molecule has 0 radical (unpaired) electrons. The van der Waals surface area contributed by atoms with Crippen LogP contribution in [0.3, 0.4) is 0 Å². The van der Waals surface area contributed by atoms with Crippen molar-refractivity contribution in [3.05, 3.63) is 22.2 Å². The quantitative estimate of drug-likeness (QED) is 0.895. The molecule has 0 bridgehead atoms. The maximum absolute atomic E-state index is 11.5. The highest BCUT2D eigenvalue weighted by atomic mass is 79.9. The molecule has 0 saturated heterocycles. The molecule has 19 heavy (non-hydrogen) atoms. The van der Waals surface area contributed by atoms with Gasteiger partial charge in [-0.25, -0.2) is 0 Å². The van der Waals surface area contributed by atoms with E-state index in [2.05, 4.69) is 33.1 Å². The van der Waals surface area contributed by atoms with Crippen LogP contribution in [0.2, 0.25) is 0 Å². The molecule has 1 aromatic carbocycles. The summed E-state index contributed by atoms with van der Waals surface area (Å²) in [6.07, 6.45) is 2.52. The van der Waals surface area contributed by atoms with Gasteiger partial charge in [0.1, 0.15) is 0 Å². The number of benzene rings is 1. The van der Waals surface area contributed by atoms with E-state index in [1.54, 1.807) is 0 Å². The third-order valence-electron chi connectivity index (χ3n) is 3.68. The standard InChI is InChI=1S/C14H17BrN2O2/c1-2-5-17(8-3-4-8)12-7-11-9(6-10(12)15)13(18)14(19)16-11/h6-8,13,18H,2-5H2,1H3,(H,16,19). The van der Waals surface area contributed by atoms with E-state index in [-0.39, 0.29) is 5.91 Å². The second-order valence-corrected chi connectivity index (χ2v) is 6.06. The zero-order valence-electron chi connectivity index (χ0n) is 10.8. The fourth-order valence-electron chi connectivity index (χ4n) is 2.60. The maximum Gasteiger partial charge on any atom is 0.257 e. The molecule has 1 saturated carbocycles. The van der Waals surface area contributed by atoms with E-state index < -0.39 is 6.10 Å². The minimum Gasteiger partial charge on any atom is -0.378 e. The van der Waals surface area contributed by atoms with Crippen molar-refractivity contribution >= 4 is 33.2 Å². The molecule has 2 N–H and O–H groups in total. The molecule has 2 aliphatic rings. The Morgan fingerprint density at radius 3 is 2.84 bits per heavy atom. The summed E-state index contributed by atoms with van der Waals surface area (Å²) in [5, 5.41) is 12.5. The van der Waals surface area contributed by atoms with Crippen LogP contribution in [0.1, 0.15) is 37.9 Å². The monoisotopic (exact) mass is 324 g/mol. The van der Waals surface area contributed by atoms with Gasteiger partial charge in [-0.1, -0.05) is 6.92 Å². The van der Waals surface area contributed by atoms with E-state index >= 15 is 0 Å². The molecule has 4 nitrogen and oxygen atoms in total. The summed E-state index contributed by atoms with van der Waals surface area (Å²) in [4.78, 5) is 13.9. The molecular formula is C14H17BrN2O2. The fourth-order valence-corrected chi connectivity index (χ4v) is 3.19. The summed E-state index contributed by atoms with van der Waals surface area (Å²) < 4.78 is 0.946. The van der Waals surface area contributed by atoms with Crippen molar-refractivity contribution in [1.29, 1.82) is 0 Å². The smallest absolute Gasteiger partial charge is 0.257 e. The Labute approximate surface area is 120 Å². The summed E-state index contributed by atoms with van der Waals surface area (Å²) in [6, 6.07) is 4.45. The van der Waals surface area contributed by atoms with Gasteiger partial charge in [0.2, 0.25) is 0 Å². The number of amides is 1. The van der Waals surface area contributed by atoms with Crippen LogP contribution in [0.5, 0.6) is 0 Å². The number of halogens is 1. The first-order valence-corrected chi connectivity index (χ1v) is 7.50. The molecule has 1 amide bonds. The van der Waals surface area contributed by atoms with Crippen molar-refractivity contribution in [2.45, 2.75) is 38.3 Å². The molecule has 1 fully saturated rings. The van der Waals surface area contributed by atoms with Gasteiger partial charge in [0, 0.05) is 28.3 Å². The van der Waals surface area contributed by atoms with E-state index in [0.29, 0.717) is 11.6 Å². The zero-order chi connectivity index (χ0) is 13.6. The Morgan fingerprint density at radius 1 is 1.47 bits per heavy atom. The number of carbonyl (C=O) groups is 1. The summed E-state index contributed by atoms with van der Waals surface area (Å²) in [7, 11) is 0. The molecule has 0 aromatic heterocycles. The number of hydrogen-bond acceptors (Lipinski definition) is 3. The van der Waals surface area contributed by atoms with Crippen molar-refractivity contribution < 1.29 is 9.90 Å². The molecule has 1 aromatic rings. The Morgan fingerprint density at radius 2 is 2.21 bits per heavy atom. The van der Waals surface area contributed by atoms with Crippen LogP contribution in [0.15, 0.2) is 16.6 Å². The number of hydrogen-bond donors (Lipinski definition) is 2. The minimum absolute atomic E-state index is 0.340. The topological polar surface area (TPSA) is 52.6 Å². The number of nitrogens with zero attached hydrogens (tertiary/aromatic N) is 1. The molecule has 3 rings (SSSR count). The van der Waals surface area contributed by atoms with Crippen LogP contribution in [-0.2, 0) is 4.79 Å². The highest BCUT2D eigenvalue weighted by Gasteiger charge is 2.33. The molecule has 1 aliphatic heterocycles. The summed E-state index contributed by atoms with van der Waals surface area (Å²) in [5.74, 6) is -0.340. The number of rotatable bonds is 4. The van der Waals surface area contributed by atoms with E-state index in [9.17, 15) is 9.90 Å². The minimum atomic E-state index is -1.04. The lowest BCUT2D eigenvalue weighted by molar-refractivity contribution is -0.123. The first kappa shape index (κ1) is 12.9. The van der Waals surface area contributed by atoms with Crippen LogP contribution in [0.25, 0.3) is 0 Å². The van der Waals surface area contributed by atoms with Crippen LogP contribution in [-0.4, -0.2) is 23.6 Å². The number of fused-ring (bicyclic) bond motifs is 1. The Bertz CT molecular complexity index is 528. The molecule has 102 valence electrons. The summed E-state index contributed by atoms with van der Waals surface area (Å²) >= 11 is 3.57. The molecular weight excluding hydrogens is 308 g/mol. The molecule has 1 unspecified atom stereocenters. The second-order valence-electron chi connectivity index (χ2n) is 5.21. The van der Waals surface area contributed by atoms with Gasteiger partial charge >= 0.3 is 0 Å². The van der Waals surface area contributed by atoms with Crippen molar-refractivity contribution in [3.8, 4) is 0 Å². The highest BCUT2D eigenvalue weighted by Crippen LogP contribution is 2.42. The fraction of sp³-hybridized carbons (Fsp3) is 0.500. The van der Waals surface area contributed by atoms with Crippen molar-refractivity contribution in [3.63, 3.8) is 0 Å². The van der Waals surface area contributed by atoms with Crippen molar-refractivity contribution in [2.24, 2.45) is 0 Å². The average Bonchev–Trinajstić information content (AvgIpc) is 3.17. The van der Waals surface area contributed by atoms with Gasteiger partial charge in [-0.3, -0.25) is 4.79 Å². The lowest BCUT2D eigenvalue weighted by Crippen LogP contribution is -2.26. The average molecular weight is 325 g/mol. The van der Waals surface area contributed by atoms with Gasteiger partial charge in [0.15, 0.2) is 6.10 Å². The van der Waals surface area contributed by atoms with Gasteiger partial charge < -0.3 is 15.3 Å². The Hall–Kier alpha value is -1.07. The van der Waals surface area contributed by atoms with Crippen molar-refractivity contribution in [2.75, 3.05) is 16.8 Å². The van der Waals surface area contributed by atoms with Gasteiger partial charge in [0.25, 0.3) is 5.91 Å². The normalized spacial score (nSPS) is 21.2. The number of aliphatic hydroxyl groups is 1. The van der Waals surface area contributed by atoms with Gasteiger partial charge in [-0.15, -0.1) is 0 Å². The third kappa shape index (κ3) is 2.25. The van der Waals surface area contributed by atoms with E-state index in [4.69, 9.17) is 0 Å². The molecule has 5 heteroatoms. The first-order valence-electron chi connectivity index (χ1n) is 6.70. The first-order chi connectivity index (χ1) is 9.11. The largest absolute Gasteiger partial charge is 0.378 e. The van der Waals surface area contributed by atoms with Gasteiger partial charge in [-0.2, -0.15) is 0 Å². The molecule has 0 spiro atoms. The van der Waals surface area contributed by atoms with Crippen LogP contribution >= 0.6 is 15.9 Å². The van der Waals surface area contributed by atoms with Crippen molar-refractivity contribution in [1.82, 2.24) is 0 Å². The third-order valence-corrected chi connectivity index (χ3v) is 4.32. The second kappa shape index (κ2) is 4.80. The molecule has 1 aliphatic carbocycles. The van der Waals surface area contributed by atoms with E-state index in [0.717, 1.165) is 28.8 Å². The highest BCUT2D eigenvalue weighted by molar-refractivity contribution is 9.10. The van der Waals surface area contributed by atoms with E-state index in [1.165, 1.54) is 12.8 Å². The SMILES string of the molecule is CCCN(c1cc2c(cc1Br)C(O)C(=O)N2)C1CC1. The zero-order valence-corrected chi connectivity index (χ0v) is 12.4. The summed E-state index contributed by atoms with van der Waals surface area (Å²) in [5.41, 5.74) is 2.50. The maximum atomic E-state index is 11.5. The van der Waals surface area contributed by atoms with E-state index in [1.807, 2.05) is 12.1 Å². The Kier molecular flexibility index (Phi) is 3.27. The predicted molar refractivity (Wildman–Crippen MR) is 78.4 cm³/mol. The van der Waals surface area contributed by atoms with Gasteiger partial charge in [-0.05, 0) is 47.3 Å². The lowest BCUT2D eigenvalue weighted by Gasteiger charge is -2.26. The van der Waals surface area contributed by atoms with Crippen LogP contribution in [0, 0.1) is 0 Å². The Balaban J connectivity index is 1.99. The summed E-state index contributed by atoms with van der Waals surface area (Å²) in [6.45, 7) is 3.18. The number of aliphatic hydroxyl groups excluding tert-OH is 1. The number of carbonyl (C=O) groups excluding carboxylic acids is 1. The molecule has 1 heterocycles. The lowest BCUT2D eigenvalue weighted by atomic mass is 10.1. The molecule has 1 atom stereocenters.